The van der Waals surface area contributed by atoms with Crippen molar-refractivity contribution >= 4 is 11.6 Å². The van der Waals surface area contributed by atoms with E-state index >= 15 is 0 Å². The van der Waals surface area contributed by atoms with Crippen LogP contribution in [0.2, 0.25) is 0 Å². The van der Waals surface area contributed by atoms with Crippen LogP contribution in [0.15, 0.2) is 18.2 Å². The summed E-state index contributed by atoms with van der Waals surface area (Å²) in [6.07, 6.45) is 3.14. The molecule has 1 nitrogen and oxygen atoms in total. The quantitative estimate of drug-likeness (QED) is 0.637. The zero-order chi connectivity index (χ0) is 12.7. The second-order valence-corrected chi connectivity index (χ2v) is 5.05. The van der Waals surface area contributed by atoms with Crippen LogP contribution in [-0.2, 0) is 6.42 Å². The summed E-state index contributed by atoms with van der Waals surface area (Å²) in [7, 11) is 0. The molecule has 0 aliphatic heterocycles. The van der Waals surface area contributed by atoms with Crippen LogP contribution in [0.5, 0.6) is 5.75 Å². The lowest BCUT2D eigenvalue weighted by Crippen LogP contribution is -2.01. The van der Waals surface area contributed by atoms with Crippen molar-refractivity contribution in [2.45, 2.75) is 46.0 Å². The molecule has 96 valence electrons. The first-order chi connectivity index (χ1) is 8.19. The predicted molar refractivity (Wildman–Crippen MR) is 75.4 cm³/mol. The number of halogens is 1. The van der Waals surface area contributed by atoms with Gasteiger partial charge < -0.3 is 4.74 Å². The maximum absolute atomic E-state index is 5.78. The van der Waals surface area contributed by atoms with Crippen LogP contribution in [0.3, 0.4) is 0 Å². The maximum atomic E-state index is 5.78. The molecule has 0 saturated heterocycles. The highest BCUT2D eigenvalue weighted by atomic mass is 35.5. The van der Waals surface area contributed by atoms with Crippen molar-refractivity contribution in [3.8, 4) is 5.75 Å². The summed E-state index contributed by atoms with van der Waals surface area (Å²) in [5.41, 5.74) is 2.67. The molecule has 0 unspecified atom stereocenters. The van der Waals surface area contributed by atoms with E-state index in [9.17, 15) is 0 Å². The second kappa shape index (κ2) is 7.60. The third-order valence-corrected chi connectivity index (χ3v) is 3.02. The largest absolute Gasteiger partial charge is 0.493 e. The molecule has 1 rings (SSSR count). The fourth-order valence-corrected chi connectivity index (χ4v) is 1.95. The van der Waals surface area contributed by atoms with E-state index in [-0.39, 0.29) is 0 Å². The topological polar surface area (TPSA) is 9.23 Å². The highest BCUT2D eigenvalue weighted by Crippen LogP contribution is 2.28. The molecule has 0 N–H and O–H groups in total. The summed E-state index contributed by atoms with van der Waals surface area (Å²) in [5, 5.41) is 0. The number of hydrogen-bond donors (Lipinski definition) is 0. The van der Waals surface area contributed by atoms with Crippen LogP contribution < -0.4 is 4.74 Å². The van der Waals surface area contributed by atoms with Crippen molar-refractivity contribution in [2.24, 2.45) is 0 Å². The van der Waals surface area contributed by atoms with Gasteiger partial charge in [0.25, 0.3) is 0 Å². The highest BCUT2D eigenvalue weighted by Gasteiger charge is 2.08. The third-order valence-electron chi connectivity index (χ3n) is 2.76. The van der Waals surface area contributed by atoms with Crippen molar-refractivity contribution in [3.63, 3.8) is 0 Å². The van der Waals surface area contributed by atoms with Crippen LogP contribution in [0.1, 0.15) is 50.7 Å². The Morgan fingerprint density at radius 1 is 1.29 bits per heavy atom. The van der Waals surface area contributed by atoms with Gasteiger partial charge in [-0.2, -0.15) is 0 Å². The molecule has 0 atom stereocenters. The smallest absolute Gasteiger partial charge is 0.122 e. The van der Waals surface area contributed by atoms with E-state index in [4.69, 9.17) is 16.3 Å². The molecule has 0 spiro atoms. The highest BCUT2D eigenvalue weighted by molar-refractivity contribution is 6.17. The average molecular weight is 255 g/mol. The summed E-state index contributed by atoms with van der Waals surface area (Å²) < 4.78 is 5.78. The number of rotatable bonds is 7. The Balaban J connectivity index is 2.83. The number of benzene rings is 1. The first kappa shape index (κ1) is 14.4. The van der Waals surface area contributed by atoms with Crippen molar-refractivity contribution in [2.75, 3.05) is 12.5 Å². The van der Waals surface area contributed by atoms with Gasteiger partial charge in [0.05, 0.1) is 6.61 Å². The van der Waals surface area contributed by atoms with Gasteiger partial charge in [-0.05, 0) is 42.4 Å². The standard InChI is InChI=1S/C15H23ClO/c1-4-10-17-15-8-7-13(6-5-9-16)11-14(15)12(2)3/h7-8,11-12H,4-6,9-10H2,1-3H3. The van der Waals surface area contributed by atoms with Gasteiger partial charge in [0, 0.05) is 5.88 Å². The van der Waals surface area contributed by atoms with E-state index in [1.165, 1.54) is 11.1 Å². The van der Waals surface area contributed by atoms with E-state index in [0.717, 1.165) is 37.5 Å². The van der Waals surface area contributed by atoms with Crippen LogP contribution in [-0.4, -0.2) is 12.5 Å². The molecule has 1 aromatic rings. The normalized spacial score (nSPS) is 10.9. The molecule has 0 bridgehead atoms. The van der Waals surface area contributed by atoms with Crippen molar-refractivity contribution in [1.82, 2.24) is 0 Å². The number of hydrogen-bond acceptors (Lipinski definition) is 1. The fourth-order valence-electron chi connectivity index (χ4n) is 1.82. The van der Waals surface area contributed by atoms with Gasteiger partial charge in [-0.25, -0.2) is 0 Å². The van der Waals surface area contributed by atoms with E-state index in [1.54, 1.807) is 0 Å². The van der Waals surface area contributed by atoms with Crippen molar-refractivity contribution in [1.29, 1.82) is 0 Å². The zero-order valence-electron chi connectivity index (χ0n) is 11.1. The minimum absolute atomic E-state index is 0.498. The molecule has 0 aliphatic carbocycles. The molecule has 0 fully saturated rings. The van der Waals surface area contributed by atoms with E-state index in [2.05, 4.69) is 39.0 Å². The first-order valence-corrected chi connectivity index (χ1v) is 7.04. The Kier molecular flexibility index (Phi) is 6.43. The van der Waals surface area contributed by atoms with Gasteiger partial charge in [-0.1, -0.05) is 32.9 Å². The minimum Gasteiger partial charge on any atom is -0.493 e. The van der Waals surface area contributed by atoms with E-state index in [1.807, 2.05) is 0 Å². The van der Waals surface area contributed by atoms with Gasteiger partial charge in [-0.3, -0.25) is 0 Å². The Hall–Kier alpha value is -0.690. The Morgan fingerprint density at radius 3 is 2.65 bits per heavy atom. The summed E-state index contributed by atoms with van der Waals surface area (Å²) >= 11 is 5.73. The van der Waals surface area contributed by atoms with Crippen LogP contribution in [0.25, 0.3) is 0 Å². The number of alkyl halides is 1. The molecular formula is C15H23ClO. The molecule has 0 radical (unpaired) electrons. The Labute approximate surface area is 110 Å². The Morgan fingerprint density at radius 2 is 2.06 bits per heavy atom. The summed E-state index contributed by atoms with van der Waals surface area (Å²) in [4.78, 5) is 0. The second-order valence-electron chi connectivity index (χ2n) is 4.67. The van der Waals surface area contributed by atoms with Crippen LogP contribution in [0.4, 0.5) is 0 Å². The fraction of sp³-hybridized carbons (Fsp3) is 0.600. The summed E-state index contributed by atoms with van der Waals surface area (Å²) in [5.74, 6) is 2.26. The van der Waals surface area contributed by atoms with Crippen LogP contribution in [0, 0.1) is 0 Å². The average Bonchev–Trinajstić information content (AvgIpc) is 2.34. The molecule has 1 aromatic carbocycles. The molecular weight excluding hydrogens is 232 g/mol. The lowest BCUT2D eigenvalue weighted by molar-refractivity contribution is 0.313. The monoisotopic (exact) mass is 254 g/mol. The molecule has 17 heavy (non-hydrogen) atoms. The molecule has 0 heterocycles. The predicted octanol–water partition coefficient (Wildman–Crippen LogP) is 4.77. The molecule has 0 aliphatic rings. The third kappa shape index (κ3) is 4.59. The molecule has 0 amide bonds. The SMILES string of the molecule is CCCOc1ccc(CCCCl)cc1C(C)C. The van der Waals surface area contributed by atoms with Crippen molar-refractivity contribution in [3.05, 3.63) is 29.3 Å². The van der Waals surface area contributed by atoms with Crippen molar-refractivity contribution < 1.29 is 4.74 Å². The molecule has 0 saturated carbocycles. The Bertz CT molecular complexity index is 334. The minimum atomic E-state index is 0.498. The first-order valence-electron chi connectivity index (χ1n) is 6.50. The van der Waals surface area contributed by atoms with Gasteiger partial charge >= 0.3 is 0 Å². The zero-order valence-corrected chi connectivity index (χ0v) is 11.9. The number of ether oxygens (including phenoxy) is 1. The lowest BCUT2D eigenvalue weighted by atomic mass is 9.98. The number of aryl methyl sites for hydroxylation is 1. The van der Waals surface area contributed by atoms with E-state index < -0.39 is 0 Å². The van der Waals surface area contributed by atoms with Crippen LogP contribution >= 0.6 is 11.6 Å². The van der Waals surface area contributed by atoms with E-state index in [0.29, 0.717) is 5.92 Å². The summed E-state index contributed by atoms with van der Waals surface area (Å²) in [6.45, 7) is 7.34. The van der Waals surface area contributed by atoms with Gasteiger partial charge in [0.2, 0.25) is 0 Å². The van der Waals surface area contributed by atoms with Gasteiger partial charge in [0.1, 0.15) is 5.75 Å². The van der Waals surface area contributed by atoms with Gasteiger partial charge in [-0.15, -0.1) is 11.6 Å². The summed E-state index contributed by atoms with van der Waals surface area (Å²) in [6, 6.07) is 6.53. The maximum Gasteiger partial charge on any atom is 0.122 e. The molecule has 2 heteroatoms. The lowest BCUT2D eigenvalue weighted by Gasteiger charge is -2.15. The molecule has 0 aromatic heterocycles. The van der Waals surface area contributed by atoms with Gasteiger partial charge in [0.15, 0.2) is 0 Å².